The van der Waals surface area contributed by atoms with Crippen molar-refractivity contribution in [2.45, 2.75) is 51.7 Å². The number of alkyl halides is 2. The Balaban J connectivity index is 3.17. The first-order chi connectivity index (χ1) is 10.9. The highest BCUT2D eigenvalue weighted by atomic mass is 79.9. The number of allylic oxidation sites excluding steroid dienone is 1. The molecule has 0 amide bonds. The van der Waals surface area contributed by atoms with Crippen molar-refractivity contribution in [1.29, 1.82) is 0 Å². The molecule has 1 aromatic carbocycles. The van der Waals surface area contributed by atoms with Crippen LogP contribution in [0.3, 0.4) is 0 Å². The summed E-state index contributed by atoms with van der Waals surface area (Å²) in [6.45, 7) is 12.1. The summed E-state index contributed by atoms with van der Waals surface area (Å²) in [6.07, 6.45) is 1.88. The second-order valence-electron chi connectivity index (χ2n) is 7.35. The second kappa shape index (κ2) is 7.66. The molecule has 0 saturated carbocycles. The Morgan fingerprint density at radius 1 is 1.25 bits per heavy atom. The van der Waals surface area contributed by atoms with E-state index in [4.69, 9.17) is 4.43 Å². The minimum absolute atomic E-state index is 0.0595. The van der Waals surface area contributed by atoms with E-state index in [1.807, 2.05) is 13.0 Å². The van der Waals surface area contributed by atoms with Gasteiger partial charge in [0.05, 0.1) is 0 Å². The van der Waals surface area contributed by atoms with Gasteiger partial charge in [0.2, 0.25) is 8.32 Å². The fourth-order valence-corrected chi connectivity index (χ4v) is 3.70. The molecule has 0 unspecified atom stereocenters. The molecule has 0 saturated heterocycles. The largest absolute Gasteiger partial charge is 0.543 e. The SMILES string of the molecule is C/C=C(/O[Si](C)(C)C(C)(C)C)c1ccc(C(F)(F)COC)c(Br)c1. The highest BCUT2D eigenvalue weighted by Crippen LogP contribution is 2.40. The number of halogens is 3. The molecule has 0 aliphatic carbocycles. The van der Waals surface area contributed by atoms with Gasteiger partial charge in [-0.25, -0.2) is 0 Å². The number of methoxy groups -OCH3 is 1. The van der Waals surface area contributed by atoms with E-state index in [0.717, 1.165) is 11.3 Å². The van der Waals surface area contributed by atoms with E-state index in [1.54, 1.807) is 12.1 Å². The Bertz CT molecular complexity index is 608. The van der Waals surface area contributed by atoms with E-state index >= 15 is 0 Å². The van der Waals surface area contributed by atoms with E-state index in [0.29, 0.717) is 4.47 Å². The highest BCUT2D eigenvalue weighted by molar-refractivity contribution is 9.10. The van der Waals surface area contributed by atoms with E-state index < -0.39 is 20.8 Å². The van der Waals surface area contributed by atoms with E-state index in [1.165, 1.54) is 13.2 Å². The van der Waals surface area contributed by atoms with Crippen LogP contribution in [0.2, 0.25) is 18.1 Å². The molecule has 0 bridgehead atoms. The van der Waals surface area contributed by atoms with Crippen LogP contribution in [0, 0.1) is 0 Å². The van der Waals surface area contributed by atoms with Crippen molar-refractivity contribution in [3.8, 4) is 0 Å². The molecule has 0 heterocycles. The number of ether oxygens (including phenoxy) is 1. The van der Waals surface area contributed by atoms with Crippen LogP contribution < -0.4 is 0 Å². The molecule has 0 N–H and O–H groups in total. The summed E-state index contributed by atoms with van der Waals surface area (Å²) in [5, 5.41) is 0.0595. The third-order valence-electron chi connectivity index (χ3n) is 4.41. The molecule has 0 fully saturated rings. The van der Waals surface area contributed by atoms with Crippen molar-refractivity contribution >= 4 is 30.0 Å². The van der Waals surface area contributed by atoms with Crippen LogP contribution in [0.5, 0.6) is 0 Å². The normalized spacial score (nSPS) is 14.0. The van der Waals surface area contributed by atoms with Crippen LogP contribution in [0.4, 0.5) is 8.78 Å². The predicted molar refractivity (Wildman–Crippen MR) is 102 cm³/mol. The van der Waals surface area contributed by atoms with Crippen molar-refractivity contribution in [3.05, 3.63) is 39.9 Å². The van der Waals surface area contributed by atoms with Gasteiger partial charge in [-0.2, -0.15) is 8.78 Å². The smallest absolute Gasteiger partial charge is 0.297 e. The zero-order valence-corrected chi connectivity index (χ0v) is 18.1. The molecule has 1 aromatic rings. The van der Waals surface area contributed by atoms with Gasteiger partial charge >= 0.3 is 0 Å². The van der Waals surface area contributed by atoms with Gasteiger partial charge in [-0.3, -0.25) is 0 Å². The minimum Gasteiger partial charge on any atom is -0.543 e. The molecule has 0 atom stereocenters. The first-order valence-electron chi connectivity index (χ1n) is 7.88. The Kier molecular flexibility index (Phi) is 6.81. The Labute approximate surface area is 153 Å². The monoisotopic (exact) mass is 420 g/mol. The van der Waals surface area contributed by atoms with Crippen LogP contribution >= 0.6 is 15.9 Å². The molecule has 2 nitrogen and oxygen atoms in total. The highest BCUT2D eigenvalue weighted by Gasteiger charge is 2.39. The first-order valence-corrected chi connectivity index (χ1v) is 11.6. The summed E-state index contributed by atoms with van der Waals surface area (Å²) in [7, 11) is -0.739. The summed E-state index contributed by atoms with van der Waals surface area (Å²) < 4.78 is 39.4. The molecule has 6 heteroatoms. The third kappa shape index (κ3) is 4.89. The average Bonchev–Trinajstić information content (AvgIpc) is 2.43. The van der Waals surface area contributed by atoms with Gasteiger partial charge < -0.3 is 9.16 Å². The van der Waals surface area contributed by atoms with Crippen LogP contribution in [-0.2, 0) is 15.1 Å². The fraction of sp³-hybridized carbons (Fsp3) is 0.556. The molecule has 0 radical (unpaired) electrons. The summed E-state index contributed by atoms with van der Waals surface area (Å²) in [4.78, 5) is 0. The molecule has 0 aliphatic rings. The van der Waals surface area contributed by atoms with Gasteiger partial charge in [-0.05, 0) is 37.2 Å². The van der Waals surface area contributed by atoms with Crippen LogP contribution in [0.15, 0.2) is 28.7 Å². The van der Waals surface area contributed by atoms with Crippen molar-refractivity contribution in [2.75, 3.05) is 13.7 Å². The van der Waals surface area contributed by atoms with Crippen molar-refractivity contribution in [3.63, 3.8) is 0 Å². The van der Waals surface area contributed by atoms with Gasteiger partial charge in [0, 0.05) is 22.7 Å². The third-order valence-corrected chi connectivity index (χ3v) is 9.41. The van der Waals surface area contributed by atoms with Crippen LogP contribution in [-0.4, -0.2) is 22.0 Å². The van der Waals surface area contributed by atoms with Gasteiger partial charge in [-0.1, -0.05) is 48.8 Å². The Morgan fingerprint density at radius 2 is 1.83 bits per heavy atom. The molecule has 24 heavy (non-hydrogen) atoms. The Hall–Kier alpha value is -0.723. The fourth-order valence-electron chi connectivity index (χ4n) is 1.94. The Morgan fingerprint density at radius 3 is 2.25 bits per heavy atom. The first kappa shape index (κ1) is 21.3. The van der Waals surface area contributed by atoms with Crippen molar-refractivity contribution < 1.29 is 17.9 Å². The van der Waals surface area contributed by atoms with Crippen LogP contribution in [0.1, 0.15) is 38.8 Å². The summed E-state index contributed by atoms with van der Waals surface area (Å²) in [5.41, 5.74) is 0.696. The van der Waals surface area contributed by atoms with Gasteiger partial charge in [0.25, 0.3) is 5.92 Å². The van der Waals surface area contributed by atoms with E-state index in [-0.39, 0.29) is 10.6 Å². The minimum atomic E-state index is -3.04. The zero-order chi connectivity index (χ0) is 18.8. The number of rotatable bonds is 6. The molecule has 1 rings (SSSR count). The molecule has 0 aromatic heterocycles. The second-order valence-corrected chi connectivity index (χ2v) is 12.9. The maximum Gasteiger partial charge on any atom is 0.297 e. The van der Waals surface area contributed by atoms with Gasteiger partial charge in [-0.15, -0.1) is 0 Å². The van der Waals surface area contributed by atoms with E-state index in [2.05, 4.69) is 54.5 Å². The molecule has 0 spiro atoms. The van der Waals surface area contributed by atoms with Crippen LogP contribution in [0.25, 0.3) is 5.76 Å². The quantitative estimate of drug-likeness (QED) is 0.382. The summed E-state index contributed by atoms with van der Waals surface area (Å²) in [5.74, 6) is -2.31. The number of hydrogen-bond acceptors (Lipinski definition) is 2. The number of hydrogen-bond donors (Lipinski definition) is 0. The van der Waals surface area contributed by atoms with Gasteiger partial charge in [0.1, 0.15) is 12.4 Å². The maximum absolute atomic E-state index is 14.1. The van der Waals surface area contributed by atoms with Crippen molar-refractivity contribution in [1.82, 2.24) is 0 Å². The predicted octanol–water partition coefficient (Wildman–Crippen LogP) is 6.57. The lowest BCUT2D eigenvalue weighted by atomic mass is 10.1. The lowest BCUT2D eigenvalue weighted by molar-refractivity contribution is -0.0703. The topological polar surface area (TPSA) is 18.5 Å². The molecule has 136 valence electrons. The summed E-state index contributed by atoms with van der Waals surface area (Å²) in [6, 6.07) is 4.78. The van der Waals surface area contributed by atoms with Crippen molar-refractivity contribution in [2.24, 2.45) is 0 Å². The molecule has 0 aliphatic heterocycles. The van der Waals surface area contributed by atoms with E-state index in [9.17, 15) is 8.78 Å². The standard InChI is InChI=1S/C18H27BrF2O2Si/c1-8-16(23-24(6,7)17(2,3)4)13-9-10-14(15(19)11-13)18(20,21)12-22-5/h8-11H,12H2,1-7H3/b16-8+. The van der Waals surface area contributed by atoms with Gasteiger partial charge in [0.15, 0.2) is 0 Å². The number of benzene rings is 1. The zero-order valence-electron chi connectivity index (χ0n) is 15.5. The summed E-state index contributed by atoms with van der Waals surface area (Å²) >= 11 is 3.26. The average molecular weight is 421 g/mol. The molecular weight excluding hydrogens is 394 g/mol. The maximum atomic E-state index is 14.1. The lowest BCUT2D eigenvalue weighted by Gasteiger charge is -2.37. The molecular formula is C18H27BrF2O2Si. The lowest BCUT2D eigenvalue weighted by Crippen LogP contribution is -2.40.